The smallest absolute Gasteiger partial charge is 0.465 e. The van der Waals surface area contributed by atoms with Gasteiger partial charge in [-0.15, -0.1) is 0 Å². The second-order valence-electron chi connectivity index (χ2n) is 11.0. The van der Waals surface area contributed by atoms with Crippen LogP contribution in [0, 0.1) is 0 Å². The van der Waals surface area contributed by atoms with E-state index in [2.05, 4.69) is 32.9 Å². The highest BCUT2D eigenvalue weighted by atomic mass is 16.7. The third-order valence-electron chi connectivity index (χ3n) is 7.43. The van der Waals surface area contributed by atoms with Crippen molar-refractivity contribution in [1.82, 2.24) is 4.90 Å². The van der Waals surface area contributed by atoms with Crippen LogP contribution in [0.15, 0.2) is 48.5 Å². The molecule has 1 amide bonds. The summed E-state index contributed by atoms with van der Waals surface area (Å²) in [5, 5.41) is 10.5. The van der Waals surface area contributed by atoms with Gasteiger partial charge in [0, 0.05) is 6.54 Å². The van der Waals surface area contributed by atoms with Gasteiger partial charge in [-0.25, -0.2) is 4.79 Å². The first-order chi connectivity index (χ1) is 14.8. The van der Waals surface area contributed by atoms with Gasteiger partial charge in [0.1, 0.15) is 5.44 Å². The van der Waals surface area contributed by atoms with Gasteiger partial charge in [0.05, 0.1) is 11.2 Å². The number of benzene rings is 2. The molecule has 2 aromatic carbocycles. The van der Waals surface area contributed by atoms with Crippen molar-refractivity contribution in [1.29, 1.82) is 0 Å². The maximum Gasteiger partial charge on any atom is 0.495 e. The van der Waals surface area contributed by atoms with Gasteiger partial charge in [-0.2, -0.15) is 0 Å². The highest BCUT2D eigenvalue weighted by Crippen LogP contribution is 2.52. The Morgan fingerprint density at radius 3 is 2.03 bits per heavy atom. The van der Waals surface area contributed by atoms with E-state index in [9.17, 15) is 9.90 Å². The molecule has 0 bridgehead atoms. The monoisotopic (exact) mass is 435 g/mol. The second-order valence-corrected chi connectivity index (χ2v) is 11.0. The molecule has 1 atom stereocenters. The van der Waals surface area contributed by atoms with Gasteiger partial charge < -0.3 is 14.4 Å². The fourth-order valence-electron chi connectivity index (χ4n) is 5.07. The molecule has 32 heavy (non-hydrogen) atoms. The molecule has 0 aromatic heterocycles. The number of carbonyl (C=O) groups is 1. The summed E-state index contributed by atoms with van der Waals surface area (Å²) in [6, 6.07) is 16.3. The molecule has 0 radical (unpaired) electrons. The molecule has 170 valence electrons. The van der Waals surface area contributed by atoms with Gasteiger partial charge in [-0.1, -0.05) is 69.3 Å². The van der Waals surface area contributed by atoms with E-state index in [-0.39, 0.29) is 5.41 Å². The average Bonchev–Trinajstić information content (AvgIpc) is 2.93. The van der Waals surface area contributed by atoms with Crippen molar-refractivity contribution in [2.24, 2.45) is 0 Å². The molecule has 6 heteroatoms. The third-order valence-corrected chi connectivity index (χ3v) is 7.43. The second kappa shape index (κ2) is 7.36. The van der Waals surface area contributed by atoms with Gasteiger partial charge in [0.15, 0.2) is 0 Å². The molecule has 2 heterocycles. The fourth-order valence-corrected chi connectivity index (χ4v) is 5.07. The lowest BCUT2D eigenvalue weighted by Gasteiger charge is -2.49. The molecule has 2 aromatic rings. The minimum atomic E-state index is -1.13. The van der Waals surface area contributed by atoms with Crippen molar-refractivity contribution < 1.29 is 19.2 Å². The van der Waals surface area contributed by atoms with Crippen LogP contribution in [0.25, 0.3) is 0 Å². The van der Waals surface area contributed by atoms with E-state index >= 15 is 0 Å². The van der Waals surface area contributed by atoms with E-state index < -0.39 is 29.9 Å². The summed E-state index contributed by atoms with van der Waals surface area (Å²) in [6.07, 6.45) is -0.320. The lowest BCUT2D eigenvalue weighted by Crippen LogP contribution is -2.63. The number of fused-ring (bicyclic) bond motifs is 1. The molecule has 2 aliphatic heterocycles. The van der Waals surface area contributed by atoms with Crippen molar-refractivity contribution in [2.75, 3.05) is 6.54 Å². The predicted molar refractivity (Wildman–Crippen MR) is 127 cm³/mol. The number of carboxylic acid groups (broad SMARTS) is 1. The first-order valence-corrected chi connectivity index (χ1v) is 11.4. The van der Waals surface area contributed by atoms with Gasteiger partial charge >= 0.3 is 13.2 Å². The minimum absolute atomic E-state index is 0.205. The van der Waals surface area contributed by atoms with Crippen molar-refractivity contribution in [2.45, 2.75) is 76.9 Å². The maximum atomic E-state index is 12.8. The highest BCUT2D eigenvalue weighted by Gasteiger charge is 2.66. The first-order valence-electron chi connectivity index (χ1n) is 11.4. The van der Waals surface area contributed by atoms with Crippen LogP contribution in [0.2, 0.25) is 0 Å². The molecule has 0 saturated carbocycles. The number of rotatable bonds is 2. The normalized spacial score (nSPS) is 24.3. The predicted octanol–water partition coefficient (Wildman–Crippen LogP) is 5.40. The van der Waals surface area contributed by atoms with Crippen LogP contribution in [0.4, 0.5) is 4.79 Å². The third kappa shape index (κ3) is 3.27. The van der Waals surface area contributed by atoms with Crippen molar-refractivity contribution in [3.05, 3.63) is 70.8 Å². The quantitative estimate of drug-likeness (QED) is 0.643. The largest absolute Gasteiger partial charge is 0.495 e. The number of hydrogen-bond donors (Lipinski definition) is 1. The summed E-state index contributed by atoms with van der Waals surface area (Å²) in [7, 11) is -0.798. The highest BCUT2D eigenvalue weighted by molar-refractivity contribution is 6.51. The van der Waals surface area contributed by atoms with Crippen molar-refractivity contribution in [3.8, 4) is 0 Å². The Balaban J connectivity index is 2.11. The topological polar surface area (TPSA) is 59.0 Å². The van der Waals surface area contributed by atoms with E-state index in [1.165, 1.54) is 0 Å². The van der Waals surface area contributed by atoms with E-state index in [0.29, 0.717) is 13.0 Å². The Hall–Kier alpha value is -2.31. The molecule has 1 saturated heterocycles. The van der Waals surface area contributed by atoms with E-state index in [0.717, 1.165) is 22.3 Å². The molecule has 5 nitrogen and oxygen atoms in total. The zero-order valence-corrected chi connectivity index (χ0v) is 20.2. The molecule has 0 spiro atoms. The van der Waals surface area contributed by atoms with Crippen LogP contribution in [-0.4, -0.2) is 41.0 Å². The first kappa shape index (κ1) is 22.9. The molecule has 2 aliphatic rings. The minimum Gasteiger partial charge on any atom is -0.465 e. The van der Waals surface area contributed by atoms with Gasteiger partial charge in [0.25, 0.3) is 0 Å². The summed E-state index contributed by atoms with van der Waals surface area (Å²) >= 11 is 0. The Morgan fingerprint density at radius 1 is 0.938 bits per heavy atom. The van der Waals surface area contributed by atoms with Crippen LogP contribution in [-0.2, 0) is 26.6 Å². The van der Waals surface area contributed by atoms with Crippen LogP contribution in [0.5, 0.6) is 0 Å². The molecule has 0 unspecified atom stereocenters. The molecular weight excluding hydrogens is 401 g/mol. The lowest BCUT2D eigenvalue weighted by atomic mass is 9.52. The van der Waals surface area contributed by atoms with Crippen molar-refractivity contribution in [3.63, 3.8) is 0 Å². The Labute approximate surface area is 191 Å². The molecule has 4 rings (SSSR count). The summed E-state index contributed by atoms with van der Waals surface area (Å²) in [5.41, 5.74) is 1.53. The summed E-state index contributed by atoms with van der Waals surface area (Å²) in [6.45, 7) is 14.9. The van der Waals surface area contributed by atoms with E-state index in [1.807, 2.05) is 64.1 Å². The van der Waals surface area contributed by atoms with Crippen LogP contribution in [0.1, 0.15) is 70.7 Å². The van der Waals surface area contributed by atoms with E-state index in [4.69, 9.17) is 9.31 Å². The van der Waals surface area contributed by atoms with Crippen LogP contribution < -0.4 is 0 Å². The zero-order chi connectivity index (χ0) is 23.5. The Kier molecular flexibility index (Phi) is 5.26. The number of hydrogen-bond acceptors (Lipinski definition) is 3. The SMILES string of the molecule is CC(C)(C)c1ccccc1[C@]1(B2OC(C)(C)C(C)(C)O2)c2ccccc2CCN1C(=O)O. The summed E-state index contributed by atoms with van der Waals surface area (Å²) in [5.74, 6) is 0. The van der Waals surface area contributed by atoms with Gasteiger partial charge in [0.2, 0.25) is 0 Å². The lowest BCUT2D eigenvalue weighted by molar-refractivity contribution is 0.00578. The van der Waals surface area contributed by atoms with Crippen LogP contribution >= 0.6 is 0 Å². The zero-order valence-electron chi connectivity index (χ0n) is 20.2. The van der Waals surface area contributed by atoms with E-state index in [1.54, 1.807) is 4.90 Å². The summed E-state index contributed by atoms with van der Waals surface area (Å²) in [4.78, 5) is 14.4. The van der Waals surface area contributed by atoms with Gasteiger partial charge in [-0.3, -0.25) is 4.90 Å². The maximum absolute atomic E-state index is 12.8. The van der Waals surface area contributed by atoms with Gasteiger partial charge in [-0.05, 0) is 61.8 Å². The molecular formula is C26H34BNO4. The number of nitrogens with zero attached hydrogens (tertiary/aromatic N) is 1. The molecule has 0 aliphatic carbocycles. The molecule has 1 N–H and O–H groups in total. The fraction of sp³-hybridized carbons (Fsp3) is 0.500. The number of amides is 1. The van der Waals surface area contributed by atoms with Crippen molar-refractivity contribution >= 4 is 13.2 Å². The molecule has 1 fully saturated rings. The Morgan fingerprint density at radius 2 is 1.47 bits per heavy atom. The van der Waals surface area contributed by atoms with Crippen LogP contribution in [0.3, 0.4) is 0 Å². The Bertz CT molecular complexity index is 1030. The average molecular weight is 435 g/mol. The standard InChI is InChI=1S/C26H34BNO4/c1-23(2,3)20-14-10-11-15-21(20)26(27-31-24(4,5)25(6,7)32-27)19-13-9-8-12-18(19)16-17-28(26)22(29)30/h8-15H,16-17H2,1-7H3,(H,29,30)/t26-/m0/s1. The summed E-state index contributed by atoms with van der Waals surface area (Å²) < 4.78 is 13.3.